The Morgan fingerprint density at radius 3 is 2.88 bits per heavy atom. The van der Waals surface area contributed by atoms with Crippen LogP contribution in [0.4, 0.5) is 0 Å². The molecule has 0 aliphatic rings. The van der Waals surface area contributed by atoms with Crippen LogP contribution in [0, 0.1) is 0 Å². The van der Waals surface area contributed by atoms with E-state index in [1.54, 1.807) is 10.9 Å². The Bertz CT molecular complexity index is 1330. The Morgan fingerprint density at radius 1 is 1.08 bits per heavy atom. The van der Waals surface area contributed by atoms with Crippen LogP contribution in [0.1, 0.15) is 0 Å². The molecule has 0 aliphatic carbocycles. The molecule has 7 heteroatoms. The molecule has 0 unspecified atom stereocenters. The summed E-state index contributed by atoms with van der Waals surface area (Å²) in [6.07, 6.45) is 3.51. The van der Waals surface area contributed by atoms with Crippen LogP contribution >= 0.6 is 0 Å². The summed E-state index contributed by atoms with van der Waals surface area (Å²) in [5, 5.41) is 9.31. The Labute approximate surface area is 147 Å². The molecule has 0 radical (unpaired) electrons. The lowest BCUT2D eigenvalue weighted by Gasteiger charge is -2.09. The second-order valence-electron chi connectivity index (χ2n) is 6.08. The monoisotopic (exact) mass is 342 g/mol. The van der Waals surface area contributed by atoms with E-state index in [9.17, 15) is 4.79 Å². The lowest BCUT2D eigenvalue weighted by Crippen LogP contribution is -2.11. The number of benzene rings is 2. The highest BCUT2D eigenvalue weighted by molar-refractivity contribution is 5.85. The maximum Gasteiger partial charge on any atom is 0.259 e. The highest BCUT2D eigenvalue weighted by Gasteiger charge is 2.16. The smallest absolute Gasteiger partial charge is 0.259 e. The summed E-state index contributed by atoms with van der Waals surface area (Å²) in [6.45, 7) is 0. The second kappa shape index (κ2) is 5.38. The molecule has 0 bridgehead atoms. The standard InChI is InChI=1S/C19H14N6O/c1-24-15-7-4-8-16(17(15)22-23-24)25-10-9-20-18(25)13-11-12-5-2-3-6-14(12)21-19(13)26/h2-11H,1H3,(H,21,26). The molecule has 0 saturated carbocycles. The first-order valence-corrected chi connectivity index (χ1v) is 8.17. The van der Waals surface area contributed by atoms with E-state index in [2.05, 4.69) is 20.3 Å². The van der Waals surface area contributed by atoms with Crippen LogP contribution < -0.4 is 5.56 Å². The van der Waals surface area contributed by atoms with E-state index in [0.29, 0.717) is 11.4 Å². The first-order valence-electron chi connectivity index (χ1n) is 8.17. The zero-order valence-electron chi connectivity index (χ0n) is 13.9. The predicted molar refractivity (Wildman–Crippen MR) is 99.2 cm³/mol. The van der Waals surface area contributed by atoms with Gasteiger partial charge in [0.2, 0.25) is 0 Å². The molecule has 0 aliphatic heterocycles. The maximum atomic E-state index is 12.6. The number of nitrogens with one attached hydrogen (secondary N) is 1. The van der Waals surface area contributed by atoms with Crippen molar-refractivity contribution in [3.8, 4) is 17.1 Å². The van der Waals surface area contributed by atoms with Crippen LogP contribution in [0.15, 0.2) is 65.7 Å². The maximum absolute atomic E-state index is 12.6. The molecule has 0 fully saturated rings. The Kier molecular flexibility index (Phi) is 3.02. The van der Waals surface area contributed by atoms with Crippen molar-refractivity contribution in [1.29, 1.82) is 0 Å². The third-order valence-electron chi connectivity index (χ3n) is 4.52. The molecule has 3 aromatic heterocycles. The average molecular weight is 342 g/mol. The van der Waals surface area contributed by atoms with Crippen molar-refractivity contribution in [2.75, 3.05) is 0 Å². The normalized spacial score (nSPS) is 11.4. The van der Waals surface area contributed by atoms with Gasteiger partial charge in [0, 0.05) is 25.0 Å². The Morgan fingerprint density at radius 2 is 1.96 bits per heavy atom. The minimum atomic E-state index is -0.178. The molecule has 0 saturated heterocycles. The van der Waals surface area contributed by atoms with Crippen LogP contribution in [0.2, 0.25) is 0 Å². The quantitative estimate of drug-likeness (QED) is 0.535. The molecule has 126 valence electrons. The van der Waals surface area contributed by atoms with E-state index in [1.807, 2.05) is 66.3 Å². The summed E-state index contributed by atoms with van der Waals surface area (Å²) in [4.78, 5) is 20.0. The van der Waals surface area contributed by atoms with Gasteiger partial charge in [-0.25, -0.2) is 9.67 Å². The first kappa shape index (κ1) is 14.6. The summed E-state index contributed by atoms with van der Waals surface area (Å²) in [5.41, 5.74) is 3.63. The lowest BCUT2D eigenvalue weighted by atomic mass is 10.1. The van der Waals surface area contributed by atoms with E-state index in [-0.39, 0.29) is 5.56 Å². The van der Waals surface area contributed by atoms with Crippen molar-refractivity contribution >= 4 is 21.9 Å². The van der Waals surface area contributed by atoms with Crippen molar-refractivity contribution in [3.63, 3.8) is 0 Å². The molecule has 5 aromatic rings. The van der Waals surface area contributed by atoms with Gasteiger partial charge in [-0.2, -0.15) is 0 Å². The number of para-hydroxylation sites is 1. The fourth-order valence-electron chi connectivity index (χ4n) is 3.25. The molecule has 26 heavy (non-hydrogen) atoms. The lowest BCUT2D eigenvalue weighted by molar-refractivity contribution is 0.736. The molecule has 3 heterocycles. The predicted octanol–water partition coefficient (Wildman–Crippen LogP) is 2.66. The first-order chi connectivity index (χ1) is 12.7. The third-order valence-corrected chi connectivity index (χ3v) is 4.52. The van der Waals surface area contributed by atoms with E-state index in [4.69, 9.17) is 0 Å². The number of aromatic nitrogens is 6. The Hall–Kier alpha value is -3.74. The number of hydrogen-bond acceptors (Lipinski definition) is 4. The van der Waals surface area contributed by atoms with Gasteiger partial charge in [-0.15, -0.1) is 5.10 Å². The van der Waals surface area contributed by atoms with Crippen LogP contribution in [-0.2, 0) is 7.05 Å². The average Bonchev–Trinajstić information content (AvgIpc) is 3.28. The van der Waals surface area contributed by atoms with Crippen LogP contribution in [-0.4, -0.2) is 29.5 Å². The van der Waals surface area contributed by atoms with E-state index in [1.165, 1.54) is 0 Å². The van der Waals surface area contributed by atoms with Gasteiger partial charge in [0.15, 0.2) is 0 Å². The van der Waals surface area contributed by atoms with Crippen LogP contribution in [0.25, 0.3) is 39.0 Å². The number of aromatic amines is 1. The van der Waals surface area contributed by atoms with Crippen molar-refractivity contribution in [3.05, 3.63) is 71.3 Å². The van der Waals surface area contributed by atoms with Gasteiger partial charge in [0.1, 0.15) is 11.3 Å². The molecule has 7 nitrogen and oxygen atoms in total. The summed E-state index contributed by atoms with van der Waals surface area (Å²) >= 11 is 0. The number of pyridine rings is 1. The largest absolute Gasteiger partial charge is 0.321 e. The van der Waals surface area contributed by atoms with Gasteiger partial charge in [-0.1, -0.05) is 29.5 Å². The number of hydrogen-bond donors (Lipinski definition) is 1. The molecule has 0 atom stereocenters. The van der Waals surface area contributed by atoms with Crippen molar-refractivity contribution in [1.82, 2.24) is 29.5 Å². The molecule has 0 spiro atoms. The van der Waals surface area contributed by atoms with E-state index >= 15 is 0 Å². The minimum absolute atomic E-state index is 0.178. The van der Waals surface area contributed by atoms with Gasteiger partial charge in [-0.05, 0) is 29.7 Å². The van der Waals surface area contributed by atoms with E-state index < -0.39 is 0 Å². The Balaban J connectivity index is 1.78. The summed E-state index contributed by atoms with van der Waals surface area (Å²) in [5.74, 6) is 0.565. The SMILES string of the molecule is Cn1nnc2c(-n3ccnc3-c3cc4ccccc4[nH]c3=O)cccc21. The van der Waals surface area contributed by atoms with Gasteiger partial charge in [-0.3, -0.25) is 9.36 Å². The number of rotatable bonds is 2. The summed E-state index contributed by atoms with van der Waals surface area (Å²) in [7, 11) is 1.85. The molecule has 2 aromatic carbocycles. The number of H-pyrrole nitrogens is 1. The number of nitrogens with zero attached hydrogens (tertiary/aromatic N) is 5. The van der Waals surface area contributed by atoms with Crippen LogP contribution in [0.5, 0.6) is 0 Å². The molecule has 0 amide bonds. The molecule has 1 N–H and O–H groups in total. The summed E-state index contributed by atoms with van der Waals surface area (Å²) < 4.78 is 3.59. The molecular weight excluding hydrogens is 328 g/mol. The van der Waals surface area contributed by atoms with Crippen molar-refractivity contribution in [2.45, 2.75) is 0 Å². The van der Waals surface area contributed by atoms with Crippen molar-refractivity contribution < 1.29 is 0 Å². The van der Waals surface area contributed by atoms with E-state index in [0.717, 1.165) is 27.6 Å². The van der Waals surface area contributed by atoms with Gasteiger partial charge in [0.25, 0.3) is 5.56 Å². The number of imidazole rings is 1. The van der Waals surface area contributed by atoms with Gasteiger partial charge < -0.3 is 4.98 Å². The fourth-order valence-corrected chi connectivity index (χ4v) is 3.25. The summed E-state index contributed by atoms with van der Waals surface area (Å²) in [6, 6.07) is 15.4. The topological polar surface area (TPSA) is 81.4 Å². The zero-order valence-corrected chi connectivity index (χ0v) is 13.9. The highest BCUT2D eigenvalue weighted by atomic mass is 16.1. The van der Waals surface area contributed by atoms with Gasteiger partial charge >= 0.3 is 0 Å². The van der Waals surface area contributed by atoms with Gasteiger partial charge in [0.05, 0.1) is 16.8 Å². The minimum Gasteiger partial charge on any atom is -0.321 e. The second-order valence-corrected chi connectivity index (χ2v) is 6.08. The molecule has 5 rings (SSSR count). The third kappa shape index (κ3) is 2.07. The number of aryl methyl sites for hydroxylation is 1. The fraction of sp³-hybridized carbons (Fsp3) is 0.0526. The van der Waals surface area contributed by atoms with Crippen LogP contribution in [0.3, 0.4) is 0 Å². The highest BCUT2D eigenvalue weighted by Crippen LogP contribution is 2.25. The number of fused-ring (bicyclic) bond motifs is 2. The zero-order chi connectivity index (χ0) is 17.7. The molecular formula is C19H14N6O. The van der Waals surface area contributed by atoms with Crippen molar-refractivity contribution in [2.24, 2.45) is 7.05 Å².